The molecule has 124 valence electrons. The van der Waals surface area contributed by atoms with Crippen molar-refractivity contribution in [3.05, 3.63) is 47.4 Å². The van der Waals surface area contributed by atoms with E-state index in [2.05, 4.69) is 54.5 Å². The highest BCUT2D eigenvalue weighted by Crippen LogP contribution is 2.34. The van der Waals surface area contributed by atoms with Crippen LogP contribution in [-0.2, 0) is 0 Å². The van der Waals surface area contributed by atoms with Gasteiger partial charge in [0.25, 0.3) is 0 Å². The summed E-state index contributed by atoms with van der Waals surface area (Å²) in [6.45, 7) is 9.05. The van der Waals surface area contributed by atoms with Gasteiger partial charge in [-0.25, -0.2) is 4.98 Å². The van der Waals surface area contributed by atoms with Gasteiger partial charge in [0.05, 0.1) is 0 Å². The van der Waals surface area contributed by atoms with Crippen molar-refractivity contribution in [3.8, 4) is 5.82 Å². The first-order valence-corrected chi connectivity index (χ1v) is 9.06. The smallest absolute Gasteiger partial charge is 0.141 e. The van der Waals surface area contributed by atoms with Crippen LogP contribution in [0.1, 0.15) is 62.0 Å². The summed E-state index contributed by atoms with van der Waals surface area (Å²) in [7, 11) is 0. The first kappa shape index (κ1) is 16.3. The highest BCUT2D eigenvalue weighted by Gasteiger charge is 2.26. The second kappa shape index (κ2) is 7.31. The van der Waals surface area contributed by atoms with E-state index in [4.69, 9.17) is 4.98 Å². The highest BCUT2D eigenvalue weighted by molar-refractivity contribution is 5.40. The van der Waals surface area contributed by atoms with E-state index in [0.29, 0.717) is 6.04 Å². The summed E-state index contributed by atoms with van der Waals surface area (Å²) in [4.78, 5) is 7.45. The Balaban J connectivity index is 1.99. The molecule has 1 aliphatic rings. The van der Waals surface area contributed by atoms with E-state index in [9.17, 15) is 0 Å². The molecule has 0 radical (unpaired) electrons. The van der Waals surface area contributed by atoms with E-state index < -0.39 is 0 Å². The molecule has 0 amide bonds. The molecule has 1 saturated heterocycles. The Morgan fingerprint density at radius 2 is 1.91 bits per heavy atom. The fourth-order valence-electron chi connectivity index (χ4n) is 3.83. The topological polar surface area (TPSA) is 21.1 Å². The average molecular weight is 311 g/mol. The quantitative estimate of drug-likeness (QED) is 0.789. The molecule has 23 heavy (non-hydrogen) atoms. The van der Waals surface area contributed by atoms with Crippen LogP contribution in [0.5, 0.6) is 0 Å². The predicted octanol–water partition coefficient (Wildman–Crippen LogP) is 4.82. The van der Waals surface area contributed by atoms with Gasteiger partial charge in [-0.1, -0.05) is 25.8 Å². The Morgan fingerprint density at radius 3 is 2.65 bits per heavy atom. The fraction of sp³-hybridized carbons (Fsp3) is 0.550. The van der Waals surface area contributed by atoms with E-state index in [1.54, 1.807) is 0 Å². The molecule has 2 aromatic heterocycles. The van der Waals surface area contributed by atoms with Gasteiger partial charge in [0.1, 0.15) is 5.82 Å². The van der Waals surface area contributed by atoms with E-state index in [0.717, 1.165) is 5.82 Å². The lowest BCUT2D eigenvalue weighted by Crippen LogP contribution is -2.35. The second-order valence-electron chi connectivity index (χ2n) is 6.77. The molecular formula is C20H29N3. The van der Waals surface area contributed by atoms with Crippen LogP contribution in [0, 0.1) is 13.8 Å². The first-order chi connectivity index (χ1) is 11.2. The van der Waals surface area contributed by atoms with Crippen LogP contribution in [0.4, 0.5) is 0 Å². The van der Waals surface area contributed by atoms with Gasteiger partial charge in [-0.15, -0.1) is 0 Å². The zero-order chi connectivity index (χ0) is 16.2. The molecule has 2 aromatic rings. The molecule has 3 heteroatoms. The zero-order valence-electron chi connectivity index (χ0n) is 14.8. The van der Waals surface area contributed by atoms with Gasteiger partial charge in [0.2, 0.25) is 0 Å². The van der Waals surface area contributed by atoms with Crippen molar-refractivity contribution >= 4 is 0 Å². The second-order valence-corrected chi connectivity index (χ2v) is 6.77. The lowest BCUT2D eigenvalue weighted by molar-refractivity contribution is 0.146. The number of unbranched alkanes of at least 4 members (excludes halogenated alkanes) is 1. The van der Waals surface area contributed by atoms with Gasteiger partial charge in [-0.3, -0.25) is 4.90 Å². The van der Waals surface area contributed by atoms with E-state index >= 15 is 0 Å². The van der Waals surface area contributed by atoms with Crippen LogP contribution in [0.2, 0.25) is 0 Å². The molecular weight excluding hydrogens is 282 g/mol. The Bertz CT molecular complexity index is 625. The molecule has 3 nitrogen and oxygen atoms in total. The molecule has 0 unspecified atom stereocenters. The normalized spacial score (nSPS) is 19.2. The van der Waals surface area contributed by atoms with Crippen LogP contribution < -0.4 is 0 Å². The SMILES string of the molecule is CCCCN1CCCC[C@@H]1c1cccnc1-n1c(C)ccc1C. The predicted molar refractivity (Wildman–Crippen MR) is 96.1 cm³/mol. The van der Waals surface area contributed by atoms with Crippen molar-refractivity contribution in [2.24, 2.45) is 0 Å². The van der Waals surface area contributed by atoms with E-state index in [1.165, 1.54) is 62.1 Å². The number of piperidine rings is 1. The monoisotopic (exact) mass is 311 g/mol. The summed E-state index contributed by atoms with van der Waals surface area (Å²) in [6.07, 6.45) is 8.38. The number of rotatable bonds is 5. The standard InChI is InChI=1S/C20H29N3/c1-4-5-14-22-15-7-6-10-19(22)18-9-8-13-21-20(18)23-16(2)11-12-17(23)3/h8-9,11-13,19H,4-7,10,14-15H2,1-3H3/t19-/m1/s1. The molecule has 1 atom stereocenters. The maximum Gasteiger partial charge on any atom is 0.141 e. The molecule has 0 spiro atoms. The summed E-state index contributed by atoms with van der Waals surface area (Å²) < 4.78 is 2.31. The summed E-state index contributed by atoms with van der Waals surface area (Å²) in [5, 5.41) is 0. The van der Waals surface area contributed by atoms with Crippen molar-refractivity contribution in [1.29, 1.82) is 0 Å². The maximum absolute atomic E-state index is 4.77. The molecule has 0 saturated carbocycles. The molecule has 0 aromatic carbocycles. The Morgan fingerprint density at radius 1 is 1.13 bits per heavy atom. The van der Waals surface area contributed by atoms with Crippen LogP contribution in [0.3, 0.4) is 0 Å². The van der Waals surface area contributed by atoms with Crippen molar-refractivity contribution in [2.45, 2.75) is 58.9 Å². The van der Waals surface area contributed by atoms with Gasteiger partial charge >= 0.3 is 0 Å². The molecule has 1 aliphatic heterocycles. The third-order valence-corrected chi connectivity index (χ3v) is 5.07. The third-order valence-electron chi connectivity index (χ3n) is 5.07. The minimum atomic E-state index is 0.514. The van der Waals surface area contributed by atoms with Gasteiger partial charge in [0.15, 0.2) is 0 Å². The van der Waals surface area contributed by atoms with Crippen LogP contribution in [0.15, 0.2) is 30.5 Å². The van der Waals surface area contributed by atoms with Gasteiger partial charge in [-0.05, 0) is 64.4 Å². The number of hydrogen-bond acceptors (Lipinski definition) is 2. The Hall–Kier alpha value is -1.61. The molecule has 0 bridgehead atoms. The Kier molecular flexibility index (Phi) is 5.16. The summed E-state index contributed by atoms with van der Waals surface area (Å²) in [5.74, 6) is 1.13. The largest absolute Gasteiger partial charge is 0.303 e. The van der Waals surface area contributed by atoms with Gasteiger partial charge in [-0.2, -0.15) is 0 Å². The van der Waals surface area contributed by atoms with Crippen LogP contribution >= 0.6 is 0 Å². The van der Waals surface area contributed by atoms with Crippen LogP contribution in [0.25, 0.3) is 5.82 Å². The minimum Gasteiger partial charge on any atom is -0.303 e. The number of aromatic nitrogens is 2. The highest BCUT2D eigenvalue weighted by atomic mass is 15.2. The summed E-state index contributed by atoms with van der Waals surface area (Å²) in [6, 6.07) is 9.27. The van der Waals surface area contributed by atoms with Gasteiger partial charge in [0, 0.05) is 29.2 Å². The average Bonchev–Trinajstić information content (AvgIpc) is 2.92. The number of pyridine rings is 1. The molecule has 0 aliphatic carbocycles. The van der Waals surface area contributed by atoms with E-state index in [-0.39, 0.29) is 0 Å². The minimum absolute atomic E-state index is 0.514. The maximum atomic E-state index is 4.77. The van der Waals surface area contributed by atoms with Gasteiger partial charge < -0.3 is 4.57 Å². The molecule has 3 rings (SSSR count). The van der Waals surface area contributed by atoms with Crippen LogP contribution in [-0.4, -0.2) is 27.5 Å². The number of hydrogen-bond donors (Lipinski definition) is 0. The third kappa shape index (κ3) is 3.35. The van der Waals surface area contributed by atoms with Crippen molar-refractivity contribution in [1.82, 2.24) is 14.5 Å². The summed E-state index contributed by atoms with van der Waals surface area (Å²) in [5.41, 5.74) is 3.92. The lowest BCUT2D eigenvalue weighted by Gasteiger charge is -2.36. The number of aryl methyl sites for hydroxylation is 2. The lowest BCUT2D eigenvalue weighted by atomic mass is 9.95. The summed E-state index contributed by atoms with van der Waals surface area (Å²) >= 11 is 0. The first-order valence-electron chi connectivity index (χ1n) is 9.06. The van der Waals surface area contributed by atoms with Crippen molar-refractivity contribution < 1.29 is 0 Å². The molecule has 0 N–H and O–H groups in total. The van der Waals surface area contributed by atoms with Crippen molar-refractivity contribution in [2.75, 3.05) is 13.1 Å². The molecule has 3 heterocycles. The Labute approximate surface area is 140 Å². The number of likely N-dealkylation sites (tertiary alicyclic amines) is 1. The van der Waals surface area contributed by atoms with E-state index in [1.807, 2.05) is 6.20 Å². The number of nitrogens with zero attached hydrogens (tertiary/aromatic N) is 3. The zero-order valence-corrected chi connectivity index (χ0v) is 14.8. The van der Waals surface area contributed by atoms with Crippen molar-refractivity contribution in [3.63, 3.8) is 0 Å². The molecule has 1 fully saturated rings. The fourth-order valence-corrected chi connectivity index (χ4v) is 3.83.